The number of hydrogen-bond donors (Lipinski definition) is 0. The number of esters is 1. The number of Topliss-reactive ketones (excluding diaryl/α,β-unsaturated/α-hetero) is 1. The molecule has 0 bridgehead atoms. The van der Waals surface area contributed by atoms with Crippen LogP contribution in [0.25, 0.3) is 0 Å². The number of fused-ring (bicyclic) bond motifs is 2. The van der Waals surface area contributed by atoms with E-state index in [4.69, 9.17) is 9.47 Å². The highest BCUT2D eigenvalue weighted by molar-refractivity contribution is 6.07. The molecule has 0 radical (unpaired) electrons. The molecular formula is C18H20N4O4. The molecule has 0 aliphatic carbocycles. The first-order valence-corrected chi connectivity index (χ1v) is 8.21. The van der Waals surface area contributed by atoms with Crippen LogP contribution in [-0.4, -0.2) is 49.2 Å². The highest BCUT2D eigenvalue weighted by Gasteiger charge is 2.29. The standard InChI is InChI=1S/C18H20N4O4/c1-4-26-16(24)10-15(23)12-5-6-13-14(9-12)22(11-25-3)18-17(21(13)2)19-7-8-20-18/h5-9H,4,10-11H2,1-3H3. The van der Waals surface area contributed by atoms with Crippen LogP contribution in [0, 0.1) is 0 Å². The van der Waals surface area contributed by atoms with E-state index in [1.807, 2.05) is 22.9 Å². The van der Waals surface area contributed by atoms with Crippen molar-refractivity contribution in [2.75, 3.05) is 37.3 Å². The second-order valence-corrected chi connectivity index (χ2v) is 5.72. The number of ether oxygens (including phenoxy) is 2. The molecule has 0 fully saturated rings. The molecule has 0 saturated carbocycles. The first-order valence-electron chi connectivity index (χ1n) is 8.21. The molecular weight excluding hydrogens is 336 g/mol. The van der Waals surface area contributed by atoms with Gasteiger partial charge in [0, 0.05) is 32.1 Å². The SMILES string of the molecule is CCOC(=O)CC(=O)c1ccc2c(c1)N(COC)c1nccnc1N2C. The van der Waals surface area contributed by atoms with Crippen LogP contribution in [0.2, 0.25) is 0 Å². The van der Waals surface area contributed by atoms with Crippen molar-refractivity contribution in [2.45, 2.75) is 13.3 Å². The Morgan fingerprint density at radius 3 is 2.54 bits per heavy atom. The topological polar surface area (TPSA) is 84.9 Å². The van der Waals surface area contributed by atoms with Gasteiger partial charge in [-0.2, -0.15) is 0 Å². The molecule has 1 aromatic heterocycles. The first-order chi connectivity index (χ1) is 12.6. The van der Waals surface area contributed by atoms with Crippen LogP contribution in [0.15, 0.2) is 30.6 Å². The Bertz CT molecular complexity index is 840. The average Bonchev–Trinajstić information content (AvgIpc) is 2.65. The van der Waals surface area contributed by atoms with Crippen molar-refractivity contribution in [1.82, 2.24) is 9.97 Å². The zero-order valence-corrected chi connectivity index (χ0v) is 14.9. The molecule has 1 aliphatic rings. The minimum absolute atomic E-state index is 0.248. The number of carbonyl (C=O) groups is 2. The maximum absolute atomic E-state index is 12.4. The van der Waals surface area contributed by atoms with Gasteiger partial charge in [0.1, 0.15) is 13.2 Å². The lowest BCUT2D eigenvalue weighted by molar-refractivity contribution is -0.141. The summed E-state index contributed by atoms with van der Waals surface area (Å²) < 4.78 is 10.2. The van der Waals surface area contributed by atoms with Gasteiger partial charge in [-0.1, -0.05) is 0 Å². The van der Waals surface area contributed by atoms with Crippen LogP contribution in [0.3, 0.4) is 0 Å². The molecule has 2 heterocycles. The van der Waals surface area contributed by atoms with E-state index in [1.54, 1.807) is 38.6 Å². The highest BCUT2D eigenvalue weighted by atomic mass is 16.5. The van der Waals surface area contributed by atoms with Crippen LogP contribution in [0.1, 0.15) is 23.7 Å². The second kappa shape index (κ2) is 7.49. The van der Waals surface area contributed by atoms with Gasteiger partial charge >= 0.3 is 5.97 Å². The van der Waals surface area contributed by atoms with Crippen molar-refractivity contribution in [3.63, 3.8) is 0 Å². The van der Waals surface area contributed by atoms with Crippen molar-refractivity contribution in [1.29, 1.82) is 0 Å². The van der Waals surface area contributed by atoms with Gasteiger partial charge in [-0.15, -0.1) is 0 Å². The Labute approximate surface area is 151 Å². The lowest BCUT2D eigenvalue weighted by Crippen LogP contribution is -2.30. The van der Waals surface area contributed by atoms with Gasteiger partial charge in [0.2, 0.25) is 0 Å². The third-order valence-corrected chi connectivity index (χ3v) is 4.05. The molecule has 26 heavy (non-hydrogen) atoms. The Morgan fingerprint density at radius 2 is 1.85 bits per heavy atom. The maximum Gasteiger partial charge on any atom is 0.313 e. The normalized spacial score (nSPS) is 12.4. The van der Waals surface area contributed by atoms with Gasteiger partial charge in [-0.25, -0.2) is 9.97 Å². The molecule has 0 spiro atoms. The summed E-state index contributed by atoms with van der Waals surface area (Å²) in [6.45, 7) is 2.21. The number of methoxy groups -OCH3 is 1. The van der Waals surface area contributed by atoms with Crippen molar-refractivity contribution >= 4 is 34.8 Å². The van der Waals surface area contributed by atoms with Crippen LogP contribution in [0.5, 0.6) is 0 Å². The lowest BCUT2D eigenvalue weighted by atomic mass is 10.0. The van der Waals surface area contributed by atoms with E-state index in [1.165, 1.54) is 0 Å². The van der Waals surface area contributed by atoms with Crippen molar-refractivity contribution in [3.05, 3.63) is 36.2 Å². The van der Waals surface area contributed by atoms with Crippen molar-refractivity contribution < 1.29 is 19.1 Å². The number of aromatic nitrogens is 2. The third kappa shape index (κ3) is 3.23. The fourth-order valence-electron chi connectivity index (χ4n) is 2.88. The van der Waals surface area contributed by atoms with Crippen molar-refractivity contribution in [2.24, 2.45) is 0 Å². The number of hydrogen-bond acceptors (Lipinski definition) is 8. The van der Waals surface area contributed by atoms with E-state index in [9.17, 15) is 9.59 Å². The summed E-state index contributed by atoms with van der Waals surface area (Å²) in [7, 11) is 3.47. The molecule has 0 atom stereocenters. The number of nitrogens with zero attached hydrogens (tertiary/aromatic N) is 4. The predicted octanol–water partition coefficient (Wildman–Crippen LogP) is 2.44. The third-order valence-electron chi connectivity index (χ3n) is 4.05. The maximum atomic E-state index is 12.4. The van der Waals surface area contributed by atoms with Gasteiger partial charge in [0.25, 0.3) is 0 Å². The van der Waals surface area contributed by atoms with Gasteiger partial charge in [0.15, 0.2) is 17.4 Å². The van der Waals surface area contributed by atoms with Crippen LogP contribution >= 0.6 is 0 Å². The Hall–Kier alpha value is -3.00. The molecule has 0 saturated heterocycles. The Kier molecular flexibility index (Phi) is 5.13. The first kappa shape index (κ1) is 17.8. The van der Waals surface area contributed by atoms with Gasteiger partial charge in [0.05, 0.1) is 18.0 Å². The fraction of sp³-hybridized carbons (Fsp3) is 0.333. The number of rotatable bonds is 6. The van der Waals surface area contributed by atoms with E-state index in [0.29, 0.717) is 17.2 Å². The number of carbonyl (C=O) groups excluding carboxylic acids is 2. The number of ketones is 1. The van der Waals surface area contributed by atoms with Gasteiger partial charge in [-0.05, 0) is 25.1 Å². The van der Waals surface area contributed by atoms with Gasteiger partial charge in [-0.3, -0.25) is 14.5 Å². The fourth-order valence-corrected chi connectivity index (χ4v) is 2.88. The van der Waals surface area contributed by atoms with Crippen molar-refractivity contribution in [3.8, 4) is 0 Å². The summed E-state index contributed by atoms with van der Waals surface area (Å²) in [5, 5.41) is 0. The quantitative estimate of drug-likeness (QED) is 0.443. The van der Waals surface area contributed by atoms with Crippen LogP contribution in [-0.2, 0) is 14.3 Å². The zero-order chi connectivity index (χ0) is 18.7. The Morgan fingerprint density at radius 1 is 1.12 bits per heavy atom. The molecule has 1 aromatic carbocycles. The lowest BCUT2D eigenvalue weighted by Gasteiger charge is -2.36. The molecule has 0 amide bonds. The highest BCUT2D eigenvalue weighted by Crippen LogP contribution is 2.45. The van der Waals surface area contributed by atoms with E-state index < -0.39 is 5.97 Å². The molecule has 1 aliphatic heterocycles. The minimum Gasteiger partial charge on any atom is -0.466 e. The number of anilines is 4. The summed E-state index contributed by atoms with van der Waals surface area (Å²) in [6, 6.07) is 5.27. The number of benzene rings is 1. The smallest absolute Gasteiger partial charge is 0.313 e. The Balaban J connectivity index is 1.99. The summed E-state index contributed by atoms with van der Waals surface area (Å²) in [6.07, 6.45) is 2.95. The van der Waals surface area contributed by atoms with Crippen LogP contribution in [0.4, 0.5) is 23.0 Å². The van der Waals surface area contributed by atoms with Crippen LogP contribution < -0.4 is 9.80 Å². The summed E-state index contributed by atoms with van der Waals surface area (Å²) in [5.74, 6) is 0.510. The molecule has 2 aromatic rings. The zero-order valence-electron chi connectivity index (χ0n) is 14.9. The molecule has 8 nitrogen and oxygen atoms in total. The summed E-state index contributed by atoms with van der Waals surface area (Å²) >= 11 is 0. The molecule has 3 rings (SSSR count). The monoisotopic (exact) mass is 356 g/mol. The molecule has 0 unspecified atom stereocenters. The van der Waals surface area contributed by atoms with E-state index in [-0.39, 0.29) is 25.5 Å². The minimum atomic E-state index is -0.530. The van der Waals surface area contributed by atoms with Gasteiger partial charge < -0.3 is 14.4 Å². The average molecular weight is 356 g/mol. The second-order valence-electron chi connectivity index (χ2n) is 5.72. The molecule has 0 N–H and O–H groups in total. The summed E-state index contributed by atoms with van der Waals surface area (Å²) in [4.78, 5) is 36.6. The predicted molar refractivity (Wildman–Crippen MR) is 96.1 cm³/mol. The van der Waals surface area contributed by atoms with E-state index in [0.717, 1.165) is 11.4 Å². The summed E-state index contributed by atoms with van der Waals surface area (Å²) in [5.41, 5.74) is 2.05. The largest absolute Gasteiger partial charge is 0.466 e. The van der Waals surface area contributed by atoms with E-state index >= 15 is 0 Å². The molecule has 8 heteroatoms. The van der Waals surface area contributed by atoms with E-state index in [2.05, 4.69) is 9.97 Å². The molecule has 136 valence electrons.